The molecular formula is C23H21ClF2N2O5. The Kier molecular flexibility index (Phi) is 5.21. The zero-order valence-corrected chi connectivity index (χ0v) is 18.1. The summed E-state index contributed by atoms with van der Waals surface area (Å²) in [6.45, 7) is -0.330. The van der Waals surface area contributed by atoms with Gasteiger partial charge in [-0.2, -0.15) is 0 Å². The minimum atomic E-state index is -1.05. The summed E-state index contributed by atoms with van der Waals surface area (Å²) in [5.41, 5.74) is -0.248. The van der Waals surface area contributed by atoms with E-state index in [2.05, 4.69) is 10.6 Å². The highest BCUT2D eigenvalue weighted by Crippen LogP contribution is 2.60. The fraction of sp³-hybridized carbons (Fsp3) is 0.391. The molecule has 33 heavy (non-hydrogen) atoms. The van der Waals surface area contributed by atoms with Crippen LogP contribution in [0.2, 0.25) is 5.02 Å². The van der Waals surface area contributed by atoms with Crippen molar-refractivity contribution in [3.63, 3.8) is 0 Å². The van der Waals surface area contributed by atoms with Gasteiger partial charge < -0.3 is 25.2 Å². The van der Waals surface area contributed by atoms with Crippen LogP contribution in [0.15, 0.2) is 36.4 Å². The van der Waals surface area contributed by atoms with E-state index >= 15 is 0 Å². The van der Waals surface area contributed by atoms with E-state index in [1.54, 1.807) is 18.2 Å². The zero-order chi connectivity index (χ0) is 23.4. The maximum Gasteiger partial charge on any atom is 0.261 e. The topological polar surface area (TPSA) is 96.9 Å². The largest absolute Gasteiger partial charge is 0.484 e. The van der Waals surface area contributed by atoms with Crippen LogP contribution in [0.1, 0.15) is 37.4 Å². The summed E-state index contributed by atoms with van der Waals surface area (Å²) in [5.74, 6) is -2.24. The first-order valence-electron chi connectivity index (χ1n) is 10.5. The fourth-order valence-corrected chi connectivity index (χ4v) is 5.20. The standard InChI is InChI=1S/C23H21ClF2N2O5/c24-12-1-4-18-14(5-12)17(29)7-19(33-18)21(31)28-23-9-22(10-23,11-23)27-20(30)8-32-13-2-3-15(25)16(26)6-13/h1-6,17,19,29H,7-11H2,(H,27,30)(H,28,31)/t17-,19-,22?,23?/m1/s1. The van der Waals surface area contributed by atoms with E-state index in [0.29, 0.717) is 35.6 Å². The van der Waals surface area contributed by atoms with Gasteiger partial charge in [0.2, 0.25) is 0 Å². The lowest BCUT2D eigenvalue weighted by molar-refractivity contribution is -0.155. The number of nitrogens with one attached hydrogen (secondary N) is 2. The molecule has 2 aromatic rings. The molecule has 1 heterocycles. The van der Waals surface area contributed by atoms with E-state index in [4.69, 9.17) is 21.1 Å². The first-order valence-corrected chi connectivity index (χ1v) is 10.9. The molecule has 2 atom stereocenters. The Morgan fingerprint density at radius 2 is 1.82 bits per heavy atom. The molecule has 2 amide bonds. The molecule has 4 aliphatic rings. The van der Waals surface area contributed by atoms with Crippen molar-refractivity contribution in [2.45, 2.75) is 49.0 Å². The molecule has 1 aliphatic heterocycles. The molecule has 2 aromatic carbocycles. The summed E-state index contributed by atoms with van der Waals surface area (Å²) in [7, 11) is 0. The summed E-state index contributed by atoms with van der Waals surface area (Å²) in [5, 5.41) is 16.7. The summed E-state index contributed by atoms with van der Waals surface area (Å²) >= 11 is 5.96. The smallest absolute Gasteiger partial charge is 0.261 e. The van der Waals surface area contributed by atoms with Gasteiger partial charge in [-0.25, -0.2) is 8.78 Å². The molecular weight excluding hydrogens is 458 g/mol. The van der Waals surface area contributed by atoms with Crippen molar-refractivity contribution in [2.24, 2.45) is 0 Å². The lowest BCUT2D eigenvalue weighted by atomic mass is 9.44. The minimum absolute atomic E-state index is 0.0592. The number of hydrogen-bond donors (Lipinski definition) is 3. The van der Waals surface area contributed by atoms with Gasteiger partial charge in [-0.15, -0.1) is 0 Å². The first kappa shape index (κ1) is 21.9. The van der Waals surface area contributed by atoms with Crippen molar-refractivity contribution in [1.29, 1.82) is 0 Å². The van der Waals surface area contributed by atoms with Crippen LogP contribution in [-0.4, -0.2) is 40.7 Å². The Bertz CT molecular complexity index is 1120. The van der Waals surface area contributed by atoms with Gasteiger partial charge in [0.15, 0.2) is 24.3 Å². The van der Waals surface area contributed by atoms with Gasteiger partial charge in [0.25, 0.3) is 11.8 Å². The fourth-order valence-electron chi connectivity index (χ4n) is 5.02. The highest BCUT2D eigenvalue weighted by Gasteiger charge is 2.69. The summed E-state index contributed by atoms with van der Waals surface area (Å²) in [6.07, 6.45) is 0.172. The number of aliphatic hydroxyl groups excluding tert-OH is 1. The second-order valence-corrected chi connectivity index (χ2v) is 9.47. The van der Waals surface area contributed by atoms with E-state index < -0.39 is 34.9 Å². The molecule has 10 heteroatoms. The number of fused-ring (bicyclic) bond motifs is 1. The molecule has 7 nitrogen and oxygen atoms in total. The number of ether oxygens (including phenoxy) is 2. The Morgan fingerprint density at radius 1 is 1.09 bits per heavy atom. The highest BCUT2D eigenvalue weighted by atomic mass is 35.5. The average molecular weight is 479 g/mol. The Hall–Kier alpha value is -2.91. The van der Waals surface area contributed by atoms with E-state index in [-0.39, 0.29) is 30.6 Å². The van der Waals surface area contributed by atoms with Crippen LogP contribution in [-0.2, 0) is 9.59 Å². The highest BCUT2D eigenvalue weighted by molar-refractivity contribution is 6.30. The molecule has 2 bridgehead atoms. The molecule has 0 unspecified atom stereocenters. The van der Waals surface area contributed by atoms with Gasteiger partial charge in [0.05, 0.1) is 6.10 Å². The van der Waals surface area contributed by atoms with E-state index in [1.807, 2.05) is 0 Å². The number of hydrogen-bond acceptors (Lipinski definition) is 5. The molecule has 3 N–H and O–H groups in total. The van der Waals surface area contributed by atoms with Crippen LogP contribution in [0.3, 0.4) is 0 Å². The molecule has 3 fully saturated rings. The molecule has 3 saturated carbocycles. The summed E-state index contributed by atoms with van der Waals surface area (Å²) in [4.78, 5) is 25.0. The zero-order valence-electron chi connectivity index (χ0n) is 17.4. The van der Waals surface area contributed by atoms with Crippen molar-refractivity contribution >= 4 is 23.4 Å². The van der Waals surface area contributed by atoms with Gasteiger partial charge in [-0.05, 0) is 49.6 Å². The minimum Gasteiger partial charge on any atom is -0.484 e. The van der Waals surface area contributed by atoms with Crippen LogP contribution in [0.25, 0.3) is 0 Å². The van der Waals surface area contributed by atoms with Gasteiger partial charge in [-0.3, -0.25) is 9.59 Å². The average Bonchev–Trinajstić information content (AvgIpc) is 2.72. The Morgan fingerprint density at radius 3 is 2.55 bits per heavy atom. The van der Waals surface area contributed by atoms with Crippen LogP contribution < -0.4 is 20.1 Å². The molecule has 0 saturated heterocycles. The number of carbonyl (C=O) groups excluding carboxylic acids is 2. The Labute approximate surface area is 193 Å². The number of halogens is 3. The van der Waals surface area contributed by atoms with E-state index in [1.165, 1.54) is 6.07 Å². The predicted octanol–water partition coefficient (Wildman–Crippen LogP) is 2.79. The quantitative estimate of drug-likeness (QED) is 0.593. The van der Waals surface area contributed by atoms with Crippen molar-refractivity contribution in [3.8, 4) is 11.5 Å². The molecule has 0 aromatic heterocycles. The van der Waals surface area contributed by atoms with Gasteiger partial charge >= 0.3 is 0 Å². The van der Waals surface area contributed by atoms with E-state index in [0.717, 1.165) is 12.1 Å². The second-order valence-electron chi connectivity index (χ2n) is 9.03. The van der Waals surface area contributed by atoms with Crippen LogP contribution in [0.5, 0.6) is 11.5 Å². The molecule has 3 aliphatic carbocycles. The Balaban J connectivity index is 1.10. The van der Waals surface area contributed by atoms with Gasteiger partial charge in [0, 0.05) is 34.2 Å². The number of aliphatic hydroxyl groups is 1. The third kappa shape index (κ3) is 4.11. The van der Waals surface area contributed by atoms with E-state index in [9.17, 15) is 23.5 Å². The third-order valence-corrected chi connectivity index (χ3v) is 6.65. The van der Waals surface area contributed by atoms with Crippen molar-refractivity contribution in [2.75, 3.05) is 6.61 Å². The third-order valence-electron chi connectivity index (χ3n) is 6.41. The van der Waals surface area contributed by atoms with Gasteiger partial charge in [0.1, 0.15) is 11.5 Å². The summed E-state index contributed by atoms with van der Waals surface area (Å²) < 4.78 is 37.2. The molecule has 0 spiro atoms. The molecule has 0 radical (unpaired) electrons. The lowest BCUT2D eigenvalue weighted by Gasteiger charge is -2.70. The van der Waals surface area contributed by atoms with Crippen molar-refractivity contribution in [1.82, 2.24) is 10.6 Å². The van der Waals surface area contributed by atoms with Crippen molar-refractivity contribution < 1.29 is 33.0 Å². The molecule has 174 valence electrons. The number of rotatable bonds is 6. The second kappa shape index (κ2) is 7.85. The predicted molar refractivity (Wildman–Crippen MR) is 113 cm³/mol. The normalized spacial score (nSPS) is 29.0. The monoisotopic (exact) mass is 478 g/mol. The van der Waals surface area contributed by atoms with Crippen LogP contribution >= 0.6 is 11.6 Å². The maximum absolute atomic E-state index is 13.2. The van der Waals surface area contributed by atoms with Crippen molar-refractivity contribution in [3.05, 3.63) is 58.6 Å². The van der Waals surface area contributed by atoms with Crippen LogP contribution in [0, 0.1) is 11.6 Å². The first-order chi connectivity index (χ1) is 15.7. The molecule has 6 rings (SSSR count). The van der Waals surface area contributed by atoms with Crippen LogP contribution in [0.4, 0.5) is 8.78 Å². The number of amides is 2. The van der Waals surface area contributed by atoms with Gasteiger partial charge in [-0.1, -0.05) is 11.6 Å². The SMILES string of the molecule is O=C(COc1ccc(F)c(F)c1)NC12CC(NC(=O)[C@H]3C[C@@H](O)c4cc(Cl)ccc4O3)(C1)C2. The lowest BCUT2D eigenvalue weighted by Crippen LogP contribution is -2.84. The number of benzene rings is 2. The maximum atomic E-state index is 13.2. The number of carbonyl (C=O) groups is 2. The summed E-state index contributed by atoms with van der Waals surface area (Å²) in [6, 6.07) is 7.95.